The van der Waals surface area contributed by atoms with Gasteiger partial charge in [-0.25, -0.2) is 4.79 Å². The number of nitrogens with one attached hydrogen (secondary N) is 1. The van der Waals surface area contributed by atoms with Gasteiger partial charge in [0.05, 0.1) is 29.8 Å². The molecule has 0 aliphatic heterocycles. The minimum Gasteiger partial charge on any atom is -0.493 e. The zero-order chi connectivity index (χ0) is 21.4. The lowest BCUT2D eigenvalue weighted by atomic mass is 10.1. The molecule has 1 aromatic rings. The van der Waals surface area contributed by atoms with Gasteiger partial charge in [-0.15, -0.1) is 0 Å². The molecule has 9 nitrogen and oxygen atoms in total. The second kappa shape index (κ2) is 10.4. The van der Waals surface area contributed by atoms with Crippen LogP contribution in [-0.2, 0) is 9.47 Å². The van der Waals surface area contributed by atoms with Crippen LogP contribution in [0, 0.1) is 10.1 Å². The first-order valence-electron chi connectivity index (χ1n) is 8.91. The first-order chi connectivity index (χ1) is 13.1. The Balaban J connectivity index is 3.31. The van der Waals surface area contributed by atoms with E-state index in [1.165, 1.54) is 33.2 Å². The molecule has 0 aliphatic carbocycles. The van der Waals surface area contributed by atoms with Crippen molar-refractivity contribution in [3.05, 3.63) is 39.3 Å². The number of benzene rings is 1. The predicted octanol–water partition coefficient (Wildman–Crippen LogP) is 4.47. The second-order valence-electron chi connectivity index (χ2n) is 6.17. The Labute approximate surface area is 164 Å². The number of ether oxygens (including phenoxy) is 4. The van der Waals surface area contributed by atoms with Gasteiger partial charge in [-0.3, -0.25) is 10.1 Å². The molecule has 156 valence electrons. The summed E-state index contributed by atoms with van der Waals surface area (Å²) in [5.41, 5.74) is -0.0625. The lowest BCUT2D eigenvalue weighted by Gasteiger charge is -2.18. The average molecular weight is 396 g/mol. The van der Waals surface area contributed by atoms with Crippen molar-refractivity contribution >= 4 is 11.8 Å². The van der Waals surface area contributed by atoms with Crippen LogP contribution in [0.4, 0.5) is 10.5 Å². The topological polar surface area (TPSA) is 109 Å². The second-order valence-corrected chi connectivity index (χ2v) is 6.17. The van der Waals surface area contributed by atoms with E-state index < -0.39 is 17.1 Å². The maximum absolute atomic E-state index is 11.6. The van der Waals surface area contributed by atoms with E-state index in [9.17, 15) is 14.9 Å². The first kappa shape index (κ1) is 23.1. The highest BCUT2D eigenvalue weighted by Gasteiger charge is 2.26. The number of allylic oxidation sites excluding steroid dienone is 2. The van der Waals surface area contributed by atoms with Crippen LogP contribution < -0.4 is 14.8 Å². The fourth-order valence-corrected chi connectivity index (χ4v) is 2.28. The Morgan fingerprint density at radius 1 is 1.18 bits per heavy atom. The molecule has 0 saturated heterocycles. The molecule has 2 atom stereocenters. The maximum atomic E-state index is 11.6. The number of hydrogen-bond donors (Lipinski definition) is 1. The molecule has 0 bridgehead atoms. The summed E-state index contributed by atoms with van der Waals surface area (Å²) >= 11 is 0. The smallest absolute Gasteiger partial charge is 0.407 e. The zero-order valence-electron chi connectivity index (χ0n) is 17.3. The number of rotatable bonds is 9. The number of hydrogen-bond acceptors (Lipinski definition) is 7. The van der Waals surface area contributed by atoms with Crippen LogP contribution in [0.25, 0.3) is 0 Å². The lowest BCUT2D eigenvalue weighted by Crippen LogP contribution is -2.21. The Hall–Kier alpha value is -2.97. The Morgan fingerprint density at radius 3 is 2.32 bits per heavy atom. The van der Waals surface area contributed by atoms with Crippen molar-refractivity contribution in [1.29, 1.82) is 0 Å². The van der Waals surface area contributed by atoms with Gasteiger partial charge in [0.25, 0.3) is 5.69 Å². The third-order valence-electron chi connectivity index (χ3n) is 4.15. The van der Waals surface area contributed by atoms with Gasteiger partial charge in [0.2, 0.25) is 0 Å². The van der Waals surface area contributed by atoms with Gasteiger partial charge in [0.15, 0.2) is 11.5 Å². The van der Waals surface area contributed by atoms with E-state index in [0.717, 1.165) is 6.42 Å². The van der Waals surface area contributed by atoms with E-state index in [-0.39, 0.29) is 28.9 Å². The van der Waals surface area contributed by atoms with Crippen LogP contribution in [-0.4, -0.2) is 31.3 Å². The third-order valence-corrected chi connectivity index (χ3v) is 4.15. The van der Waals surface area contributed by atoms with Crippen LogP contribution >= 0.6 is 0 Å². The summed E-state index contributed by atoms with van der Waals surface area (Å²) in [7, 11) is 2.82. The van der Waals surface area contributed by atoms with E-state index in [1.54, 1.807) is 13.8 Å². The number of alkyl carbamates (subject to hydrolysis) is 1. The van der Waals surface area contributed by atoms with Gasteiger partial charge >= 0.3 is 6.09 Å². The third kappa shape index (κ3) is 6.04. The van der Waals surface area contributed by atoms with E-state index >= 15 is 0 Å². The van der Waals surface area contributed by atoms with Crippen molar-refractivity contribution in [2.75, 3.05) is 14.2 Å². The molecule has 0 aromatic heterocycles. The van der Waals surface area contributed by atoms with Gasteiger partial charge in [-0.2, -0.15) is 0 Å². The van der Waals surface area contributed by atoms with Crippen LogP contribution in [0.15, 0.2) is 23.7 Å². The highest BCUT2D eigenvalue weighted by molar-refractivity contribution is 5.67. The van der Waals surface area contributed by atoms with Gasteiger partial charge in [-0.05, 0) is 40.2 Å². The Bertz CT molecular complexity index is 746. The minimum atomic E-state index is -0.865. The molecular formula is C19H28N2O7. The largest absolute Gasteiger partial charge is 0.493 e. The summed E-state index contributed by atoms with van der Waals surface area (Å²) in [6.45, 7) is 8.93. The number of carbonyl (C=O) groups excluding carboxylic acids is 1. The maximum Gasteiger partial charge on any atom is 0.407 e. The summed E-state index contributed by atoms with van der Waals surface area (Å²) < 4.78 is 21.9. The summed E-state index contributed by atoms with van der Waals surface area (Å²) in [6, 6.07) is 2.68. The van der Waals surface area contributed by atoms with Crippen LogP contribution in [0.1, 0.15) is 52.7 Å². The molecule has 1 aromatic carbocycles. The molecule has 1 N–H and O–H groups in total. The molecule has 9 heteroatoms. The van der Waals surface area contributed by atoms with E-state index in [0.29, 0.717) is 11.5 Å². The molecule has 0 saturated carbocycles. The highest BCUT2D eigenvalue weighted by atomic mass is 16.6. The summed E-state index contributed by atoms with van der Waals surface area (Å²) in [5, 5.41) is 13.9. The van der Waals surface area contributed by atoms with Crippen LogP contribution in [0.2, 0.25) is 0 Å². The van der Waals surface area contributed by atoms with Gasteiger partial charge in [0.1, 0.15) is 17.6 Å². The number of nitro benzene ring substituents is 1. The fraction of sp³-hybridized carbons (Fsp3) is 0.526. The standard InChI is InChI=1S/C19H28N2O7/c1-8-11(2)26-12(3)13(4)27-18-10-16(21(23)24)15(9-17(18)25-7)14(5)28-19(22)20-6/h9-11,14H,8H2,1-7H3,(H,20,22)/b13-12+. The number of carbonyl (C=O) groups is 1. The number of methoxy groups -OCH3 is 1. The summed E-state index contributed by atoms with van der Waals surface area (Å²) in [6.07, 6.45) is -0.717. The SMILES string of the molecule is CCC(C)O/C(C)=C(\C)Oc1cc([N+](=O)[O-])c(C(C)OC(=O)NC)cc1OC. The van der Waals surface area contributed by atoms with Crippen LogP contribution in [0.3, 0.4) is 0 Å². The average Bonchev–Trinajstić information content (AvgIpc) is 2.66. The predicted molar refractivity (Wildman–Crippen MR) is 103 cm³/mol. The molecule has 1 amide bonds. The van der Waals surface area contributed by atoms with Crippen molar-refractivity contribution in [3.63, 3.8) is 0 Å². The molecule has 28 heavy (non-hydrogen) atoms. The van der Waals surface area contributed by atoms with Crippen molar-refractivity contribution < 1.29 is 28.7 Å². The monoisotopic (exact) mass is 396 g/mol. The summed E-state index contributed by atoms with van der Waals surface area (Å²) in [5.74, 6) is 1.45. The fourth-order valence-electron chi connectivity index (χ4n) is 2.28. The highest BCUT2D eigenvalue weighted by Crippen LogP contribution is 2.39. The Morgan fingerprint density at radius 2 is 1.82 bits per heavy atom. The number of nitrogens with zero attached hydrogens (tertiary/aromatic N) is 1. The molecule has 2 unspecified atom stereocenters. The van der Waals surface area contributed by atoms with E-state index in [1.807, 2.05) is 13.8 Å². The minimum absolute atomic E-state index is 0.0138. The Kier molecular flexibility index (Phi) is 8.56. The van der Waals surface area contributed by atoms with E-state index in [2.05, 4.69) is 5.32 Å². The first-order valence-corrected chi connectivity index (χ1v) is 8.91. The van der Waals surface area contributed by atoms with Crippen molar-refractivity contribution in [2.24, 2.45) is 0 Å². The van der Waals surface area contributed by atoms with E-state index in [4.69, 9.17) is 18.9 Å². The summed E-state index contributed by atoms with van der Waals surface area (Å²) in [4.78, 5) is 22.4. The van der Waals surface area contributed by atoms with Gasteiger partial charge in [0, 0.05) is 7.05 Å². The molecule has 0 radical (unpaired) electrons. The van der Waals surface area contributed by atoms with Crippen molar-refractivity contribution in [2.45, 2.75) is 53.2 Å². The molecule has 1 rings (SSSR count). The quantitative estimate of drug-likeness (QED) is 0.373. The van der Waals surface area contributed by atoms with Crippen molar-refractivity contribution in [1.82, 2.24) is 5.32 Å². The molecule has 0 heterocycles. The number of nitro groups is 1. The van der Waals surface area contributed by atoms with Gasteiger partial charge < -0.3 is 24.3 Å². The lowest BCUT2D eigenvalue weighted by molar-refractivity contribution is -0.386. The normalized spacial score (nSPS) is 13.7. The number of amides is 1. The zero-order valence-corrected chi connectivity index (χ0v) is 17.3. The van der Waals surface area contributed by atoms with Crippen molar-refractivity contribution in [3.8, 4) is 11.5 Å². The molecular weight excluding hydrogens is 368 g/mol. The van der Waals surface area contributed by atoms with Gasteiger partial charge in [-0.1, -0.05) is 6.92 Å². The van der Waals surface area contributed by atoms with Crippen LogP contribution in [0.5, 0.6) is 11.5 Å². The molecule has 0 fully saturated rings. The molecule has 0 aliphatic rings. The molecule has 0 spiro atoms.